The summed E-state index contributed by atoms with van der Waals surface area (Å²) in [4.78, 5) is 14.0. The van der Waals surface area contributed by atoms with Crippen LogP contribution in [0.2, 0.25) is 0 Å². The number of hydrogen-bond donors (Lipinski definition) is 1. The van der Waals surface area contributed by atoms with Crippen LogP contribution in [-0.2, 0) is 6.54 Å². The molecule has 0 aliphatic heterocycles. The zero-order chi connectivity index (χ0) is 16.8. The van der Waals surface area contributed by atoms with Gasteiger partial charge in [-0.25, -0.2) is 4.79 Å². The predicted octanol–water partition coefficient (Wildman–Crippen LogP) is 1.98. The van der Waals surface area contributed by atoms with Crippen molar-refractivity contribution in [3.63, 3.8) is 0 Å². The highest BCUT2D eigenvalue weighted by molar-refractivity contribution is 5.54. The molecule has 0 bridgehead atoms. The summed E-state index contributed by atoms with van der Waals surface area (Å²) < 4.78 is 6.17. The fraction of sp³-hybridized carbons (Fsp3) is 0.529. The first-order valence-corrected chi connectivity index (χ1v) is 8.07. The molecule has 2 aromatic rings. The molecule has 0 aliphatic rings. The molecule has 0 spiro atoms. The molecule has 126 valence electrons. The first-order chi connectivity index (χ1) is 11.1. The molecule has 1 heterocycles. The quantitative estimate of drug-likeness (QED) is 0.805. The van der Waals surface area contributed by atoms with Crippen LogP contribution in [0, 0.1) is 0 Å². The molecule has 0 fully saturated rings. The number of rotatable bonds is 8. The Bertz CT molecular complexity index is 647. The van der Waals surface area contributed by atoms with Crippen molar-refractivity contribution in [3.8, 4) is 11.4 Å². The van der Waals surface area contributed by atoms with Gasteiger partial charge in [-0.05, 0) is 19.9 Å². The minimum absolute atomic E-state index is 0.164. The Hall–Kier alpha value is -1.92. The van der Waals surface area contributed by atoms with E-state index in [1.54, 1.807) is 0 Å². The average Bonchev–Trinajstić information content (AvgIpc) is 2.90. The van der Waals surface area contributed by atoms with E-state index in [9.17, 15) is 9.90 Å². The highest BCUT2D eigenvalue weighted by Gasteiger charge is 2.19. The third-order valence-electron chi connectivity index (χ3n) is 4.18. The van der Waals surface area contributed by atoms with Gasteiger partial charge in [0.05, 0.1) is 12.6 Å². The van der Waals surface area contributed by atoms with E-state index in [0.717, 1.165) is 18.4 Å². The van der Waals surface area contributed by atoms with E-state index in [0.29, 0.717) is 18.4 Å². The Kier molecular flexibility index (Phi) is 6.12. The normalized spacial score (nSPS) is 13.0. The molecule has 0 saturated carbocycles. The minimum Gasteiger partial charge on any atom is -0.390 e. The van der Waals surface area contributed by atoms with E-state index < -0.39 is 11.9 Å². The molecule has 23 heavy (non-hydrogen) atoms. The Balaban J connectivity index is 2.11. The van der Waals surface area contributed by atoms with Crippen LogP contribution >= 0.6 is 0 Å². The molecule has 1 aromatic carbocycles. The van der Waals surface area contributed by atoms with E-state index in [1.807, 2.05) is 37.4 Å². The molecule has 0 amide bonds. The van der Waals surface area contributed by atoms with Crippen molar-refractivity contribution >= 4 is 0 Å². The molecule has 1 aromatic heterocycles. The van der Waals surface area contributed by atoms with E-state index in [4.69, 9.17) is 4.52 Å². The molecular weight excluding hydrogens is 294 g/mol. The number of hydrogen-bond acceptors (Lipinski definition) is 5. The molecule has 1 atom stereocenters. The maximum atomic E-state index is 11.9. The van der Waals surface area contributed by atoms with Gasteiger partial charge in [-0.3, -0.25) is 9.09 Å². The summed E-state index contributed by atoms with van der Waals surface area (Å²) >= 11 is 0. The summed E-state index contributed by atoms with van der Waals surface area (Å²) in [6.07, 6.45) is 1.39. The summed E-state index contributed by atoms with van der Waals surface area (Å²) in [5, 5.41) is 14.2. The van der Waals surface area contributed by atoms with Crippen molar-refractivity contribution in [1.82, 2.24) is 14.6 Å². The largest absolute Gasteiger partial charge is 0.441 e. The Morgan fingerprint density at radius 1 is 1.26 bits per heavy atom. The highest BCUT2D eigenvalue weighted by Crippen LogP contribution is 2.15. The van der Waals surface area contributed by atoms with Gasteiger partial charge >= 0.3 is 5.76 Å². The van der Waals surface area contributed by atoms with Crippen LogP contribution in [0.1, 0.15) is 26.7 Å². The summed E-state index contributed by atoms with van der Waals surface area (Å²) in [7, 11) is 2.00. The van der Waals surface area contributed by atoms with Gasteiger partial charge in [-0.1, -0.05) is 49.3 Å². The minimum atomic E-state index is -0.667. The van der Waals surface area contributed by atoms with Crippen molar-refractivity contribution in [2.24, 2.45) is 0 Å². The maximum Gasteiger partial charge on any atom is 0.441 e. The third kappa shape index (κ3) is 4.30. The Morgan fingerprint density at radius 3 is 2.52 bits per heavy atom. The molecule has 1 N–H and O–H groups in total. The Labute approximate surface area is 136 Å². The lowest BCUT2D eigenvalue weighted by atomic mass is 10.1. The zero-order valence-electron chi connectivity index (χ0n) is 14.0. The van der Waals surface area contributed by atoms with Crippen LogP contribution in [0.5, 0.6) is 0 Å². The zero-order valence-corrected chi connectivity index (χ0v) is 14.0. The van der Waals surface area contributed by atoms with Crippen LogP contribution in [0.15, 0.2) is 39.6 Å². The Morgan fingerprint density at radius 2 is 1.91 bits per heavy atom. The lowest BCUT2D eigenvalue weighted by Crippen LogP contribution is -2.39. The van der Waals surface area contributed by atoms with E-state index >= 15 is 0 Å². The van der Waals surface area contributed by atoms with Crippen molar-refractivity contribution in [1.29, 1.82) is 0 Å². The second-order valence-corrected chi connectivity index (χ2v) is 5.81. The van der Waals surface area contributed by atoms with Gasteiger partial charge in [0, 0.05) is 18.2 Å². The van der Waals surface area contributed by atoms with Gasteiger partial charge in [-0.15, -0.1) is 0 Å². The molecule has 6 heteroatoms. The van der Waals surface area contributed by atoms with Gasteiger partial charge in [0.1, 0.15) is 0 Å². The molecule has 2 rings (SSSR count). The smallest absolute Gasteiger partial charge is 0.390 e. The van der Waals surface area contributed by atoms with Gasteiger partial charge < -0.3 is 10.0 Å². The number of nitrogens with zero attached hydrogens (tertiary/aromatic N) is 3. The number of aromatic nitrogens is 2. The number of benzene rings is 1. The first-order valence-electron chi connectivity index (χ1n) is 8.07. The predicted molar refractivity (Wildman–Crippen MR) is 89.2 cm³/mol. The molecule has 0 saturated heterocycles. The summed E-state index contributed by atoms with van der Waals surface area (Å²) in [5.74, 6) is -0.104. The third-order valence-corrected chi connectivity index (χ3v) is 4.18. The van der Waals surface area contributed by atoms with Gasteiger partial charge in [0.2, 0.25) is 0 Å². The van der Waals surface area contributed by atoms with Crippen molar-refractivity contribution in [3.05, 3.63) is 40.9 Å². The molecule has 0 radical (unpaired) electrons. The van der Waals surface area contributed by atoms with E-state index in [2.05, 4.69) is 23.9 Å². The molecule has 0 aliphatic carbocycles. The molecular formula is C17H25N3O3. The lowest BCUT2D eigenvalue weighted by Gasteiger charge is -2.28. The summed E-state index contributed by atoms with van der Waals surface area (Å²) in [6, 6.07) is 9.78. The average molecular weight is 319 g/mol. The topological polar surface area (TPSA) is 71.5 Å². The van der Waals surface area contributed by atoms with Gasteiger partial charge in [-0.2, -0.15) is 0 Å². The summed E-state index contributed by atoms with van der Waals surface area (Å²) in [5.41, 5.74) is 0.791. The fourth-order valence-electron chi connectivity index (χ4n) is 2.89. The van der Waals surface area contributed by atoms with Crippen LogP contribution in [0.3, 0.4) is 0 Å². The number of likely N-dealkylation sites (N-methyl/N-ethyl adjacent to an activating group) is 1. The van der Waals surface area contributed by atoms with Crippen molar-refractivity contribution < 1.29 is 9.63 Å². The number of aliphatic hydroxyl groups excluding tert-OH is 1. The lowest BCUT2D eigenvalue weighted by molar-refractivity contribution is 0.0869. The first kappa shape index (κ1) is 17.4. The second-order valence-electron chi connectivity index (χ2n) is 5.81. The van der Waals surface area contributed by atoms with Crippen LogP contribution in [-0.4, -0.2) is 45.5 Å². The highest BCUT2D eigenvalue weighted by atomic mass is 16.5. The van der Waals surface area contributed by atoms with Gasteiger partial charge in [0.15, 0.2) is 5.82 Å². The fourth-order valence-corrected chi connectivity index (χ4v) is 2.89. The standard InChI is InChI=1S/C17H25N3O3/c1-4-14(5-2)19(3)11-15(21)12-20-16(18-23-17(20)22)13-9-7-6-8-10-13/h6-10,14-15,21H,4-5,11-12H2,1-3H3. The van der Waals surface area contributed by atoms with Crippen LogP contribution < -0.4 is 5.76 Å². The maximum absolute atomic E-state index is 11.9. The molecule has 1 unspecified atom stereocenters. The van der Waals surface area contributed by atoms with E-state index in [1.165, 1.54) is 4.57 Å². The summed E-state index contributed by atoms with van der Waals surface area (Å²) in [6.45, 7) is 4.93. The van der Waals surface area contributed by atoms with Crippen molar-refractivity contribution in [2.75, 3.05) is 13.6 Å². The molecule has 6 nitrogen and oxygen atoms in total. The van der Waals surface area contributed by atoms with Gasteiger partial charge in [0.25, 0.3) is 0 Å². The monoisotopic (exact) mass is 319 g/mol. The van der Waals surface area contributed by atoms with Crippen molar-refractivity contribution in [2.45, 2.75) is 45.4 Å². The van der Waals surface area contributed by atoms with Crippen LogP contribution in [0.4, 0.5) is 0 Å². The number of aliphatic hydroxyl groups is 1. The van der Waals surface area contributed by atoms with E-state index in [-0.39, 0.29) is 6.54 Å². The van der Waals surface area contributed by atoms with Crippen LogP contribution in [0.25, 0.3) is 11.4 Å². The SMILES string of the molecule is CCC(CC)N(C)CC(O)Cn1c(-c2ccccc2)noc1=O. The second kappa shape index (κ2) is 8.08.